The van der Waals surface area contributed by atoms with Crippen molar-refractivity contribution in [3.63, 3.8) is 0 Å². The summed E-state index contributed by atoms with van der Waals surface area (Å²) in [6.45, 7) is 5.68. The molecule has 1 aliphatic heterocycles. The molecule has 32 heavy (non-hydrogen) atoms. The second kappa shape index (κ2) is 18.3. The lowest BCUT2D eigenvalue weighted by Gasteiger charge is -2.33. The van der Waals surface area contributed by atoms with Crippen LogP contribution in [0.2, 0.25) is 0 Å². The van der Waals surface area contributed by atoms with Gasteiger partial charge in [0.15, 0.2) is 6.67 Å². The summed E-state index contributed by atoms with van der Waals surface area (Å²) in [5.74, 6) is 0.488. The van der Waals surface area contributed by atoms with Crippen LogP contribution in [0, 0.1) is 0 Å². The van der Waals surface area contributed by atoms with Crippen molar-refractivity contribution in [1.82, 2.24) is 10.2 Å². The molecule has 0 unspecified atom stereocenters. The van der Waals surface area contributed by atoms with Crippen LogP contribution >= 0.6 is 0 Å². The molecule has 1 heterocycles. The predicted molar refractivity (Wildman–Crippen MR) is 135 cm³/mol. The van der Waals surface area contributed by atoms with Crippen LogP contribution in [0.25, 0.3) is 0 Å². The highest BCUT2D eigenvalue weighted by molar-refractivity contribution is 5.77. The molecule has 0 aromatic rings. The van der Waals surface area contributed by atoms with Crippen LogP contribution in [-0.4, -0.2) is 61.6 Å². The summed E-state index contributed by atoms with van der Waals surface area (Å²) in [5, 5.41) is 3.07. The Bertz CT molecular complexity index is 493. The quantitative estimate of drug-likeness (QED) is 0.171. The van der Waals surface area contributed by atoms with E-state index in [9.17, 15) is 9.59 Å². The van der Waals surface area contributed by atoms with Gasteiger partial charge < -0.3 is 9.80 Å². The van der Waals surface area contributed by atoms with Gasteiger partial charge in [-0.15, -0.1) is 0 Å². The maximum atomic E-state index is 12.0. The molecule has 0 saturated carbocycles. The van der Waals surface area contributed by atoms with E-state index in [-0.39, 0.29) is 11.8 Å². The topological polar surface area (TPSA) is 49.4 Å². The number of nitrogens with one attached hydrogen (secondary N) is 1. The Hall–Kier alpha value is -1.10. The molecule has 1 saturated heterocycles. The first-order valence-electron chi connectivity index (χ1n) is 13.8. The van der Waals surface area contributed by atoms with Gasteiger partial charge in [0.05, 0.1) is 20.6 Å². The van der Waals surface area contributed by atoms with Crippen LogP contribution in [0.1, 0.15) is 122 Å². The Morgan fingerprint density at radius 2 is 1.38 bits per heavy atom. The van der Waals surface area contributed by atoms with Gasteiger partial charge in [0, 0.05) is 32.4 Å². The molecule has 1 aliphatic rings. The van der Waals surface area contributed by atoms with Crippen molar-refractivity contribution >= 4 is 11.8 Å². The summed E-state index contributed by atoms with van der Waals surface area (Å²) in [4.78, 5) is 25.8. The molecule has 1 fully saturated rings. The first kappa shape index (κ1) is 28.9. The number of hydrogen-bond donors (Lipinski definition) is 1. The van der Waals surface area contributed by atoms with Gasteiger partial charge >= 0.3 is 0 Å². The van der Waals surface area contributed by atoms with E-state index in [1.165, 1.54) is 83.5 Å². The van der Waals surface area contributed by atoms with Crippen LogP contribution < -0.4 is 5.32 Å². The van der Waals surface area contributed by atoms with Gasteiger partial charge in [0.1, 0.15) is 0 Å². The van der Waals surface area contributed by atoms with E-state index in [1.54, 1.807) is 0 Å². The van der Waals surface area contributed by atoms with Crippen molar-refractivity contribution in [3.05, 3.63) is 0 Å². The minimum absolute atomic E-state index is 0.198. The summed E-state index contributed by atoms with van der Waals surface area (Å²) < 4.78 is 0.806. The van der Waals surface area contributed by atoms with Gasteiger partial charge in [0.2, 0.25) is 11.8 Å². The van der Waals surface area contributed by atoms with Crippen molar-refractivity contribution in [2.45, 2.75) is 122 Å². The zero-order valence-electron chi connectivity index (χ0n) is 21.8. The summed E-state index contributed by atoms with van der Waals surface area (Å²) in [6, 6.07) is 0. The molecule has 1 N–H and O–H groups in total. The fourth-order valence-corrected chi connectivity index (χ4v) is 4.69. The molecule has 2 amide bonds. The zero-order valence-corrected chi connectivity index (χ0v) is 21.8. The number of carbonyl (C=O) groups is 2. The van der Waals surface area contributed by atoms with E-state index >= 15 is 0 Å². The number of unbranched alkanes of at least 4 members (excludes halogenated alkanes) is 13. The molecule has 0 spiro atoms. The monoisotopic (exact) mass is 452 g/mol. The number of likely N-dealkylation sites (tertiary alicyclic amines) is 1. The molecule has 188 valence electrons. The Labute approximate surface area is 199 Å². The molecule has 0 bridgehead atoms. The lowest BCUT2D eigenvalue weighted by Crippen LogP contribution is -2.50. The Morgan fingerprint density at radius 3 is 1.88 bits per heavy atom. The fourth-order valence-electron chi connectivity index (χ4n) is 4.69. The van der Waals surface area contributed by atoms with Crippen molar-refractivity contribution < 1.29 is 14.1 Å². The van der Waals surface area contributed by atoms with Crippen molar-refractivity contribution in [3.8, 4) is 0 Å². The number of nitrogens with zero attached hydrogens (tertiary/aromatic N) is 2. The molecule has 0 atom stereocenters. The van der Waals surface area contributed by atoms with Gasteiger partial charge in [0.25, 0.3) is 0 Å². The Kier molecular flexibility index (Phi) is 16.6. The average molecular weight is 453 g/mol. The van der Waals surface area contributed by atoms with Crippen molar-refractivity contribution in [1.29, 1.82) is 0 Å². The summed E-state index contributed by atoms with van der Waals surface area (Å²) in [5.41, 5.74) is 0. The third kappa shape index (κ3) is 15.7. The van der Waals surface area contributed by atoms with Crippen LogP contribution in [0.15, 0.2) is 0 Å². The average Bonchev–Trinajstić information content (AvgIpc) is 3.15. The minimum atomic E-state index is 0.198. The molecular weight excluding hydrogens is 398 g/mol. The molecule has 1 rings (SSSR count). The highest BCUT2D eigenvalue weighted by atomic mass is 16.2. The van der Waals surface area contributed by atoms with E-state index < -0.39 is 0 Å². The van der Waals surface area contributed by atoms with Gasteiger partial charge in [-0.2, -0.15) is 0 Å². The van der Waals surface area contributed by atoms with Crippen LogP contribution in [0.4, 0.5) is 0 Å². The smallest absolute Gasteiger partial charge is 0.226 e. The first-order chi connectivity index (χ1) is 15.4. The van der Waals surface area contributed by atoms with Crippen molar-refractivity contribution in [2.75, 3.05) is 40.4 Å². The molecule has 0 aromatic carbocycles. The fraction of sp³-hybridized carbons (Fsp3) is 0.926. The lowest BCUT2D eigenvalue weighted by atomic mass is 10.0. The molecular formula is C27H54N3O2+. The number of amides is 2. The van der Waals surface area contributed by atoms with E-state index in [0.29, 0.717) is 12.8 Å². The second-order valence-corrected chi connectivity index (χ2v) is 10.6. The Balaban J connectivity index is 1.85. The number of rotatable bonds is 21. The maximum Gasteiger partial charge on any atom is 0.226 e. The minimum Gasteiger partial charge on any atom is -0.356 e. The molecule has 0 aliphatic carbocycles. The molecule has 0 radical (unpaired) electrons. The van der Waals surface area contributed by atoms with E-state index in [2.05, 4.69) is 26.3 Å². The van der Waals surface area contributed by atoms with Gasteiger partial charge in [-0.3, -0.25) is 14.5 Å². The molecule has 5 nitrogen and oxygen atoms in total. The third-order valence-electron chi connectivity index (χ3n) is 6.74. The van der Waals surface area contributed by atoms with Crippen LogP contribution in [-0.2, 0) is 9.59 Å². The number of quaternary nitrogens is 1. The number of hydrogen-bond acceptors (Lipinski definition) is 2. The standard InChI is InChI=1S/C27H53N3O2/c1-4-5-6-7-8-9-10-11-12-13-14-15-16-17-20-26(31)28-22-19-24-30(2,3)25-29-23-18-21-27(29)32/h4-25H2,1-3H3/p+1. The maximum absolute atomic E-state index is 12.0. The van der Waals surface area contributed by atoms with Crippen LogP contribution in [0.3, 0.4) is 0 Å². The second-order valence-electron chi connectivity index (χ2n) is 10.6. The first-order valence-corrected chi connectivity index (χ1v) is 13.8. The Morgan fingerprint density at radius 1 is 0.844 bits per heavy atom. The lowest BCUT2D eigenvalue weighted by molar-refractivity contribution is -0.898. The summed E-state index contributed by atoms with van der Waals surface area (Å²) in [6.07, 6.45) is 22.1. The van der Waals surface area contributed by atoms with Gasteiger partial charge in [-0.05, 0) is 12.8 Å². The zero-order chi connectivity index (χ0) is 23.5. The van der Waals surface area contributed by atoms with Gasteiger partial charge in [-0.1, -0.05) is 90.4 Å². The SMILES string of the molecule is CCCCCCCCCCCCCCCCC(=O)NCCC[N+](C)(C)CN1CCCC1=O. The van der Waals surface area contributed by atoms with E-state index in [1.807, 2.05) is 4.90 Å². The normalized spacial score (nSPS) is 14.3. The molecule has 5 heteroatoms. The van der Waals surface area contributed by atoms with E-state index in [0.717, 1.165) is 50.0 Å². The highest BCUT2D eigenvalue weighted by Gasteiger charge is 2.27. The summed E-state index contributed by atoms with van der Waals surface area (Å²) >= 11 is 0. The molecule has 0 aromatic heterocycles. The number of carbonyl (C=O) groups excluding carboxylic acids is 2. The summed E-state index contributed by atoms with van der Waals surface area (Å²) in [7, 11) is 4.34. The highest BCUT2D eigenvalue weighted by Crippen LogP contribution is 2.14. The van der Waals surface area contributed by atoms with Crippen LogP contribution in [0.5, 0.6) is 0 Å². The third-order valence-corrected chi connectivity index (χ3v) is 6.74. The predicted octanol–water partition coefficient (Wildman–Crippen LogP) is 6.02. The van der Waals surface area contributed by atoms with E-state index in [4.69, 9.17) is 0 Å². The van der Waals surface area contributed by atoms with Gasteiger partial charge in [-0.25, -0.2) is 0 Å². The largest absolute Gasteiger partial charge is 0.356 e. The van der Waals surface area contributed by atoms with Crippen molar-refractivity contribution in [2.24, 2.45) is 0 Å².